The second-order valence-corrected chi connectivity index (χ2v) is 10.0. The fraction of sp³-hybridized carbons (Fsp3) is 0.464. The van der Waals surface area contributed by atoms with E-state index in [1.807, 2.05) is 55.5 Å². The largest absolute Gasteiger partial charge is 0.444 e. The maximum Gasteiger partial charge on any atom is 0.408 e. The highest BCUT2D eigenvalue weighted by molar-refractivity contribution is 5.99. The van der Waals surface area contributed by atoms with Crippen molar-refractivity contribution in [3.05, 3.63) is 65.2 Å². The van der Waals surface area contributed by atoms with E-state index in [1.54, 1.807) is 25.7 Å². The second kappa shape index (κ2) is 11.4. The van der Waals surface area contributed by atoms with Crippen molar-refractivity contribution >= 4 is 23.6 Å². The van der Waals surface area contributed by atoms with Crippen LogP contribution < -0.4 is 10.6 Å². The monoisotopic (exact) mass is 479 g/mol. The molecule has 3 rings (SSSR count). The van der Waals surface area contributed by atoms with Crippen LogP contribution in [0.25, 0.3) is 0 Å². The van der Waals surface area contributed by atoms with Crippen molar-refractivity contribution in [1.82, 2.24) is 10.2 Å². The SMILES string of the molecule is CCc1ccc(C(C(=O)Nc2ccccc2C)N(C(=O)CNC(=O)OC(C)(C)C)C2CCC2)cc1. The molecule has 1 saturated carbocycles. The van der Waals surface area contributed by atoms with Crippen LogP contribution in [0.4, 0.5) is 10.5 Å². The number of alkyl carbamates (subject to hydrolysis) is 1. The van der Waals surface area contributed by atoms with Crippen molar-refractivity contribution in [2.24, 2.45) is 0 Å². The maximum atomic E-state index is 13.7. The number of amides is 3. The predicted molar refractivity (Wildman–Crippen MR) is 137 cm³/mol. The van der Waals surface area contributed by atoms with E-state index < -0.39 is 17.7 Å². The number of nitrogens with zero attached hydrogens (tertiary/aromatic N) is 1. The maximum absolute atomic E-state index is 13.7. The number of carbonyl (C=O) groups excluding carboxylic acids is 3. The highest BCUT2D eigenvalue weighted by Crippen LogP contribution is 2.34. The zero-order chi connectivity index (χ0) is 25.6. The zero-order valence-corrected chi connectivity index (χ0v) is 21.4. The Morgan fingerprint density at radius 1 is 1.06 bits per heavy atom. The molecule has 0 aromatic heterocycles. The standard InChI is InChI=1S/C28H37N3O4/c1-6-20-14-16-21(17-15-20)25(26(33)30-23-13-8-7-10-19(23)2)31(22-11-9-12-22)24(32)18-29-27(34)35-28(3,4)5/h7-8,10,13-17,22,25H,6,9,11-12,18H2,1-5H3,(H,29,34)(H,30,33). The van der Waals surface area contributed by atoms with E-state index in [0.29, 0.717) is 5.69 Å². The molecule has 2 aromatic rings. The summed E-state index contributed by atoms with van der Waals surface area (Å²) in [4.78, 5) is 41.0. The molecule has 3 amide bonds. The van der Waals surface area contributed by atoms with Gasteiger partial charge in [-0.25, -0.2) is 4.79 Å². The summed E-state index contributed by atoms with van der Waals surface area (Å²) in [5.74, 6) is -0.592. The fourth-order valence-electron chi connectivity index (χ4n) is 4.06. The lowest BCUT2D eigenvalue weighted by molar-refractivity contribution is -0.143. The van der Waals surface area contributed by atoms with Gasteiger partial charge in [-0.2, -0.15) is 0 Å². The van der Waals surface area contributed by atoms with E-state index in [4.69, 9.17) is 4.74 Å². The van der Waals surface area contributed by atoms with E-state index in [0.717, 1.165) is 42.4 Å². The number of aryl methyl sites for hydroxylation is 2. The van der Waals surface area contributed by atoms with Gasteiger partial charge >= 0.3 is 6.09 Å². The first kappa shape index (κ1) is 26.3. The van der Waals surface area contributed by atoms with Crippen molar-refractivity contribution in [3.63, 3.8) is 0 Å². The van der Waals surface area contributed by atoms with Crippen LogP contribution in [0, 0.1) is 6.92 Å². The van der Waals surface area contributed by atoms with Gasteiger partial charge in [-0.15, -0.1) is 0 Å². The van der Waals surface area contributed by atoms with Gasteiger partial charge in [-0.05, 0) is 76.1 Å². The molecule has 2 N–H and O–H groups in total. The fourth-order valence-corrected chi connectivity index (χ4v) is 4.06. The van der Waals surface area contributed by atoms with Gasteiger partial charge in [0.1, 0.15) is 18.2 Å². The van der Waals surface area contributed by atoms with Crippen molar-refractivity contribution in [2.45, 2.75) is 78.0 Å². The van der Waals surface area contributed by atoms with E-state index in [1.165, 1.54) is 0 Å². The number of carbonyl (C=O) groups is 3. The number of hydrogen-bond acceptors (Lipinski definition) is 4. The lowest BCUT2D eigenvalue weighted by Crippen LogP contribution is -2.53. The minimum Gasteiger partial charge on any atom is -0.444 e. The molecule has 1 fully saturated rings. The van der Waals surface area contributed by atoms with Gasteiger partial charge in [0.05, 0.1) is 0 Å². The normalized spacial score (nSPS) is 14.4. The van der Waals surface area contributed by atoms with Crippen molar-refractivity contribution < 1.29 is 19.1 Å². The highest BCUT2D eigenvalue weighted by atomic mass is 16.6. The molecular weight excluding hydrogens is 442 g/mol. The Labute approximate surface area is 208 Å². The summed E-state index contributed by atoms with van der Waals surface area (Å²) in [7, 11) is 0. The molecule has 0 bridgehead atoms. The zero-order valence-electron chi connectivity index (χ0n) is 21.4. The molecule has 0 heterocycles. The third-order valence-electron chi connectivity index (χ3n) is 6.17. The van der Waals surface area contributed by atoms with Crippen LogP contribution in [-0.2, 0) is 20.7 Å². The summed E-state index contributed by atoms with van der Waals surface area (Å²) in [5, 5.41) is 5.59. The van der Waals surface area contributed by atoms with Crippen LogP contribution in [0.15, 0.2) is 48.5 Å². The van der Waals surface area contributed by atoms with Gasteiger partial charge in [0.25, 0.3) is 5.91 Å². The molecule has 0 radical (unpaired) electrons. The Morgan fingerprint density at radius 3 is 2.26 bits per heavy atom. The lowest BCUT2D eigenvalue weighted by atomic mass is 9.88. The summed E-state index contributed by atoms with van der Waals surface area (Å²) in [6, 6.07) is 14.5. The first-order chi connectivity index (χ1) is 16.6. The van der Waals surface area contributed by atoms with Crippen LogP contribution in [0.3, 0.4) is 0 Å². The van der Waals surface area contributed by atoms with Crippen LogP contribution >= 0.6 is 0 Å². The summed E-state index contributed by atoms with van der Waals surface area (Å²) < 4.78 is 5.28. The van der Waals surface area contributed by atoms with E-state index in [-0.39, 0.29) is 24.4 Å². The summed E-state index contributed by atoms with van der Waals surface area (Å²) in [5.41, 5.74) is 2.87. The Bertz CT molecular complexity index is 1040. The lowest BCUT2D eigenvalue weighted by Gasteiger charge is -2.42. The highest BCUT2D eigenvalue weighted by Gasteiger charge is 2.39. The van der Waals surface area contributed by atoms with Crippen molar-refractivity contribution in [2.75, 3.05) is 11.9 Å². The minimum absolute atomic E-state index is 0.0681. The van der Waals surface area contributed by atoms with Gasteiger partial charge in [-0.1, -0.05) is 49.4 Å². The van der Waals surface area contributed by atoms with Gasteiger partial charge in [0.15, 0.2) is 0 Å². The minimum atomic E-state index is -0.821. The second-order valence-electron chi connectivity index (χ2n) is 10.0. The quantitative estimate of drug-likeness (QED) is 0.549. The molecule has 7 heteroatoms. The average Bonchev–Trinajstić information content (AvgIpc) is 2.76. The van der Waals surface area contributed by atoms with Crippen LogP contribution in [-0.4, -0.2) is 41.0 Å². The first-order valence-electron chi connectivity index (χ1n) is 12.3. The number of benzene rings is 2. The van der Waals surface area contributed by atoms with E-state index in [2.05, 4.69) is 17.6 Å². The molecule has 1 aliphatic carbocycles. The number of rotatable bonds is 8. The molecule has 0 saturated heterocycles. The molecule has 1 atom stereocenters. The summed E-state index contributed by atoms with van der Waals surface area (Å²) in [6.45, 7) is 9.06. The van der Waals surface area contributed by atoms with E-state index in [9.17, 15) is 14.4 Å². The van der Waals surface area contributed by atoms with Crippen molar-refractivity contribution in [1.29, 1.82) is 0 Å². The molecule has 0 spiro atoms. The number of hydrogen-bond donors (Lipinski definition) is 2. The van der Waals surface area contributed by atoms with Gasteiger partial charge in [-0.3, -0.25) is 9.59 Å². The third-order valence-corrected chi connectivity index (χ3v) is 6.17. The molecule has 2 aromatic carbocycles. The molecule has 1 unspecified atom stereocenters. The molecule has 7 nitrogen and oxygen atoms in total. The van der Waals surface area contributed by atoms with Gasteiger partial charge in [0, 0.05) is 11.7 Å². The van der Waals surface area contributed by atoms with E-state index >= 15 is 0 Å². The van der Waals surface area contributed by atoms with Crippen LogP contribution in [0.5, 0.6) is 0 Å². The molecule has 0 aliphatic heterocycles. The predicted octanol–water partition coefficient (Wildman–Crippen LogP) is 5.14. The molecule has 188 valence electrons. The smallest absolute Gasteiger partial charge is 0.408 e. The number of anilines is 1. The molecule has 1 aliphatic rings. The average molecular weight is 480 g/mol. The summed E-state index contributed by atoms with van der Waals surface area (Å²) in [6.07, 6.45) is 2.85. The van der Waals surface area contributed by atoms with Crippen LogP contribution in [0.2, 0.25) is 0 Å². The van der Waals surface area contributed by atoms with Gasteiger partial charge < -0.3 is 20.3 Å². The van der Waals surface area contributed by atoms with Crippen molar-refractivity contribution in [3.8, 4) is 0 Å². The first-order valence-corrected chi connectivity index (χ1v) is 12.3. The Hall–Kier alpha value is -3.35. The Balaban J connectivity index is 1.90. The molecule has 35 heavy (non-hydrogen) atoms. The number of para-hydroxylation sites is 1. The Kier molecular flexibility index (Phi) is 8.54. The number of ether oxygens (including phenoxy) is 1. The third kappa shape index (κ3) is 7.07. The topological polar surface area (TPSA) is 87.7 Å². The van der Waals surface area contributed by atoms with Gasteiger partial charge in [0.2, 0.25) is 5.91 Å². The number of nitrogens with one attached hydrogen (secondary N) is 2. The van der Waals surface area contributed by atoms with Crippen LogP contribution in [0.1, 0.15) is 69.7 Å². The Morgan fingerprint density at radius 2 is 1.71 bits per heavy atom. The molecular formula is C28H37N3O4. The summed E-state index contributed by atoms with van der Waals surface area (Å²) >= 11 is 0.